The van der Waals surface area contributed by atoms with Gasteiger partial charge in [0.1, 0.15) is 24.2 Å². The second-order valence-corrected chi connectivity index (χ2v) is 9.73. The standard InChI is InChI=1S/C16H14O3.C9H9ClN4S/c17-15(11-6-2-1-3-7-11)13-10-19-14-9-5-4-8-12(14)16(13)18;10-8-7-9(12-4-11-8)14(5-13-7)6-2-1-3-15-6/h1-9,13,16,18H,10H2;4-6H,1-3H2/t;6-/m.1/s1. The van der Waals surface area contributed by atoms with Crippen LogP contribution in [0, 0.1) is 5.92 Å². The zero-order valence-electron chi connectivity index (χ0n) is 18.3. The van der Waals surface area contributed by atoms with Crippen molar-refractivity contribution in [2.24, 2.45) is 5.92 Å². The summed E-state index contributed by atoms with van der Waals surface area (Å²) in [6, 6.07) is 16.3. The van der Waals surface area contributed by atoms with Gasteiger partial charge in [0.15, 0.2) is 16.6 Å². The summed E-state index contributed by atoms with van der Waals surface area (Å²) in [6.45, 7) is 0.214. The second kappa shape index (κ2) is 10.1. The number of halogens is 1. The fourth-order valence-corrected chi connectivity index (χ4v) is 5.62. The zero-order valence-corrected chi connectivity index (χ0v) is 19.8. The van der Waals surface area contributed by atoms with E-state index >= 15 is 0 Å². The minimum absolute atomic E-state index is 0.0809. The quantitative estimate of drug-likeness (QED) is 0.312. The first-order chi connectivity index (χ1) is 16.6. The molecule has 3 atom stereocenters. The predicted molar refractivity (Wildman–Crippen MR) is 132 cm³/mol. The Hall–Kier alpha value is -2.94. The van der Waals surface area contributed by atoms with Crippen LogP contribution in [0.5, 0.6) is 5.75 Å². The molecule has 2 aliphatic rings. The van der Waals surface area contributed by atoms with Gasteiger partial charge in [-0.25, -0.2) is 15.0 Å². The number of nitrogens with zero attached hydrogens (tertiary/aromatic N) is 4. The van der Waals surface area contributed by atoms with Gasteiger partial charge in [0.2, 0.25) is 0 Å². The molecule has 9 heteroatoms. The highest BCUT2D eigenvalue weighted by atomic mass is 35.5. The van der Waals surface area contributed by atoms with Gasteiger partial charge in [-0.1, -0.05) is 60.1 Å². The molecule has 4 heterocycles. The lowest BCUT2D eigenvalue weighted by Crippen LogP contribution is -2.32. The molecule has 1 fully saturated rings. The molecule has 7 nitrogen and oxygen atoms in total. The van der Waals surface area contributed by atoms with Crippen molar-refractivity contribution in [3.05, 3.63) is 83.5 Å². The Balaban J connectivity index is 0.000000145. The van der Waals surface area contributed by atoms with Crippen LogP contribution in [-0.2, 0) is 0 Å². The highest BCUT2D eigenvalue weighted by Gasteiger charge is 2.34. The van der Waals surface area contributed by atoms with E-state index in [0.717, 1.165) is 5.65 Å². The van der Waals surface area contributed by atoms with Crippen molar-refractivity contribution >= 4 is 40.3 Å². The van der Waals surface area contributed by atoms with Crippen molar-refractivity contribution in [2.75, 3.05) is 12.4 Å². The molecule has 6 rings (SSSR count). The molecule has 1 N–H and O–H groups in total. The SMILES string of the molecule is Clc1ncnc2c1ncn2[C@H]1CCCS1.O=C(c1ccccc1)C1COc2ccccc2C1O. The summed E-state index contributed by atoms with van der Waals surface area (Å²) >= 11 is 7.88. The minimum atomic E-state index is -0.808. The normalized spacial score (nSPS) is 21.3. The van der Waals surface area contributed by atoms with Crippen LogP contribution in [0.4, 0.5) is 0 Å². The van der Waals surface area contributed by atoms with Crippen molar-refractivity contribution in [1.82, 2.24) is 19.5 Å². The maximum Gasteiger partial charge on any atom is 0.172 e. The molecule has 4 aromatic rings. The molecule has 0 spiro atoms. The fraction of sp³-hybridized carbons (Fsp3) is 0.280. The van der Waals surface area contributed by atoms with Crippen molar-refractivity contribution in [3.8, 4) is 5.75 Å². The van der Waals surface area contributed by atoms with E-state index in [1.54, 1.807) is 18.2 Å². The van der Waals surface area contributed by atoms with Crippen LogP contribution in [0.3, 0.4) is 0 Å². The number of ketones is 1. The molecule has 0 aliphatic carbocycles. The van der Waals surface area contributed by atoms with E-state index in [4.69, 9.17) is 16.3 Å². The number of rotatable bonds is 3. The third kappa shape index (κ3) is 4.53. The number of para-hydroxylation sites is 1. The molecule has 2 aliphatic heterocycles. The number of ether oxygens (including phenoxy) is 1. The number of imidazole rings is 1. The number of thioether (sulfide) groups is 1. The third-order valence-electron chi connectivity index (χ3n) is 5.96. The molecule has 0 bridgehead atoms. The van der Waals surface area contributed by atoms with E-state index in [9.17, 15) is 9.90 Å². The van der Waals surface area contributed by atoms with Crippen LogP contribution < -0.4 is 4.74 Å². The molecular formula is C25H23ClN4O3S. The summed E-state index contributed by atoms with van der Waals surface area (Å²) in [6.07, 6.45) is 4.93. The topological polar surface area (TPSA) is 90.1 Å². The molecule has 0 amide bonds. The number of carbonyl (C=O) groups is 1. The third-order valence-corrected chi connectivity index (χ3v) is 7.61. The summed E-state index contributed by atoms with van der Waals surface area (Å²) in [4.78, 5) is 24.8. The number of hydrogen-bond donors (Lipinski definition) is 1. The maximum atomic E-state index is 12.4. The molecule has 174 valence electrons. The number of benzene rings is 2. The number of aliphatic hydroxyl groups excluding tert-OH is 1. The summed E-state index contributed by atoms with van der Waals surface area (Å²) < 4.78 is 7.67. The molecular weight excluding hydrogens is 472 g/mol. The average molecular weight is 495 g/mol. The van der Waals surface area contributed by atoms with Gasteiger partial charge in [0, 0.05) is 11.1 Å². The van der Waals surface area contributed by atoms with E-state index in [1.165, 1.54) is 24.9 Å². The average Bonchev–Trinajstić information content (AvgIpc) is 3.56. The lowest BCUT2D eigenvalue weighted by Gasteiger charge is -2.29. The monoisotopic (exact) mass is 494 g/mol. The van der Waals surface area contributed by atoms with E-state index in [0.29, 0.717) is 32.9 Å². The van der Waals surface area contributed by atoms with Gasteiger partial charge in [-0.3, -0.25) is 4.79 Å². The van der Waals surface area contributed by atoms with Gasteiger partial charge in [0.05, 0.1) is 23.7 Å². The summed E-state index contributed by atoms with van der Waals surface area (Å²) in [7, 11) is 0. The van der Waals surface area contributed by atoms with Gasteiger partial charge in [-0.2, -0.15) is 0 Å². The molecule has 0 radical (unpaired) electrons. The van der Waals surface area contributed by atoms with Gasteiger partial charge in [-0.05, 0) is 24.7 Å². The van der Waals surface area contributed by atoms with Crippen molar-refractivity contribution in [3.63, 3.8) is 0 Å². The second-order valence-electron chi connectivity index (χ2n) is 8.09. The predicted octanol–water partition coefficient (Wildman–Crippen LogP) is 5.12. The minimum Gasteiger partial charge on any atom is -0.492 e. The van der Waals surface area contributed by atoms with Crippen molar-refractivity contribution < 1.29 is 14.6 Å². The summed E-state index contributed by atoms with van der Waals surface area (Å²) in [5, 5.41) is 11.2. The van der Waals surface area contributed by atoms with Crippen LogP contribution >= 0.6 is 23.4 Å². The van der Waals surface area contributed by atoms with E-state index in [2.05, 4.69) is 19.5 Å². The lowest BCUT2D eigenvalue weighted by molar-refractivity contribution is 0.0418. The Morgan fingerprint density at radius 3 is 2.68 bits per heavy atom. The first-order valence-electron chi connectivity index (χ1n) is 11.1. The van der Waals surface area contributed by atoms with Gasteiger partial charge >= 0.3 is 0 Å². The molecule has 2 unspecified atom stereocenters. The Kier molecular flexibility index (Phi) is 6.80. The lowest BCUT2D eigenvalue weighted by atomic mass is 9.87. The Bertz CT molecular complexity index is 1290. The molecule has 2 aromatic heterocycles. The first kappa shape index (κ1) is 22.8. The highest BCUT2D eigenvalue weighted by Crippen LogP contribution is 2.38. The molecule has 2 aromatic carbocycles. The van der Waals surface area contributed by atoms with Crippen LogP contribution in [0.2, 0.25) is 5.15 Å². The van der Waals surface area contributed by atoms with Crippen LogP contribution in [0.15, 0.2) is 67.3 Å². The zero-order chi connectivity index (χ0) is 23.5. The fourth-order valence-electron chi connectivity index (χ4n) is 4.19. The number of Topliss-reactive ketones (excluding diaryl/α,β-unsaturated/α-hetero) is 1. The largest absolute Gasteiger partial charge is 0.492 e. The summed E-state index contributed by atoms with van der Waals surface area (Å²) in [5.41, 5.74) is 2.83. The van der Waals surface area contributed by atoms with Crippen molar-refractivity contribution in [1.29, 1.82) is 0 Å². The van der Waals surface area contributed by atoms with Crippen LogP contribution in [-0.4, -0.2) is 42.8 Å². The Morgan fingerprint density at radius 2 is 1.88 bits per heavy atom. The van der Waals surface area contributed by atoms with Gasteiger partial charge in [-0.15, -0.1) is 11.8 Å². The van der Waals surface area contributed by atoms with Crippen molar-refractivity contribution in [2.45, 2.75) is 24.3 Å². The number of aliphatic hydroxyl groups is 1. The maximum absolute atomic E-state index is 12.4. The number of fused-ring (bicyclic) bond motifs is 2. The highest BCUT2D eigenvalue weighted by molar-refractivity contribution is 7.99. The molecule has 1 saturated heterocycles. The van der Waals surface area contributed by atoms with Crippen LogP contribution in [0.25, 0.3) is 11.2 Å². The van der Waals surface area contributed by atoms with E-state index < -0.39 is 12.0 Å². The number of aromatic nitrogens is 4. The van der Waals surface area contributed by atoms with Gasteiger partial charge in [0.25, 0.3) is 0 Å². The number of carbonyl (C=O) groups excluding carboxylic acids is 1. The first-order valence-corrected chi connectivity index (χ1v) is 12.5. The smallest absolute Gasteiger partial charge is 0.172 e. The Labute approximate surface area is 206 Å². The molecule has 34 heavy (non-hydrogen) atoms. The van der Waals surface area contributed by atoms with Crippen LogP contribution in [0.1, 0.15) is 40.2 Å². The molecule has 0 saturated carbocycles. The van der Waals surface area contributed by atoms with E-state index in [-0.39, 0.29) is 12.4 Å². The number of hydrogen-bond acceptors (Lipinski definition) is 7. The van der Waals surface area contributed by atoms with Gasteiger partial charge < -0.3 is 14.4 Å². The Morgan fingerprint density at radius 1 is 1.09 bits per heavy atom. The van der Waals surface area contributed by atoms with E-state index in [1.807, 2.05) is 54.5 Å². The summed E-state index contributed by atoms with van der Waals surface area (Å²) in [5.74, 6) is 1.25.